The average molecular weight is 275 g/mol. The molecule has 0 aromatic heterocycles. The van der Waals surface area contributed by atoms with Gasteiger partial charge in [-0.25, -0.2) is 0 Å². The maximum atomic E-state index is 10.4. The molecule has 0 unspecified atom stereocenters. The molecule has 0 aliphatic heterocycles. The number of ether oxygens (including phenoxy) is 2. The van der Waals surface area contributed by atoms with Crippen molar-refractivity contribution in [2.75, 3.05) is 19.8 Å². The van der Waals surface area contributed by atoms with Crippen LogP contribution in [0.5, 0.6) is 0 Å². The van der Waals surface area contributed by atoms with Gasteiger partial charge in [0.1, 0.15) is 0 Å². The summed E-state index contributed by atoms with van der Waals surface area (Å²) in [6, 6.07) is 0. The van der Waals surface area contributed by atoms with Crippen molar-refractivity contribution in [2.24, 2.45) is 5.73 Å². The lowest BCUT2D eigenvalue weighted by Crippen LogP contribution is -2.17. The summed E-state index contributed by atoms with van der Waals surface area (Å²) in [6.07, 6.45) is 6.50. The Labute approximate surface area is 116 Å². The van der Waals surface area contributed by atoms with E-state index in [0.29, 0.717) is 13.2 Å². The van der Waals surface area contributed by atoms with Crippen LogP contribution < -0.4 is 5.73 Å². The minimum Gasteiger partial charge on any atom is -0.466 e. The lowest BCUT2D eigenvalue weighted by molar-refractivity contribution is -0.142. The average Bonchev–Trinajstić information content (AvgIpc) is 2.40. The van der Waals surface area contributed by atoms with Gasteiger partial charge in [-0.05, 0) is 12.8 Å². The fourth-order valence-electron chi connectivity index (χ4n) is 1.16. The Morgan fingerprint density at radius 2 is 1.37 bits per heavy atom. The zero-order valence-corrected chi connectivity index (χ0v) is 12.6. The Bertz CT molecular complexity index is 219. The molecule has 5 heteroatoms. The van der Waals surface area contributed by atoms with Gasteiger partial charge in [0.2, 0.25) is 0 Å². The number of carbonyl (C=O) groups is 2. The van der Waals surface area contributed by atoms with Crippen LogP contribution in [0.2, 0.25) is 0 Å². The van der Waals surface area contributed by atoms with Crippen molar-refractivity contribution in [1.82, 2.24) is 0 Å². The molecule has 19 heavy (non-hydrogen) atoms. The second kappa shape index (κ2) is 16.9. The number of nitrogens with two attached hydrogens (primary N) is 1. The minimum absolute atomic E-state index is 0.00781. The van der Waals surface area contributed by atoms with E-state index in [-0.39, 0.29) is 18.5 Å². The third kappa shape index (κ3) is 22.5. The summed E-state index contributed by atoms with van der Waals surface area (Å²) in [5.74, 6) is -0.484. The Morgan fingerprint density at radius 3 is 1.74 bits per heavy atom. The molecule has 0 rings (SSSR count). The predicted molar refractivity (Wildman–Crippen MR) is 75.7 cm³/mol. The molecule has 0 spiro atoms. The number of unbranched alkanes of at least 4 members (excludes halogenated alkanes) is 4. The van der Waals surface area contributed by atoms with Crippen molar-refractivity contribution in [2.45, 2.75) is 59.3 Å². The molecular formula is C14H29NO4. The van der Waals surface area contributed by atoms with Gasteiger partial charge in [-0.1, -0.05) is 39.5 Å². The van der Waals surface area contributed by atoms with Crippen LogP contribution in [0, 0.1) is 0 Å². The first-order valence-electron chi connectivity index (χ1n) is 7.07. The Kier molecular flexibility index (Phi) is 18.0. The summed E-state index contributed by atoms with van der Waals surface area (Å²) < 4.78 is 9.43. The fraction of sp³-hybridized carbons (Fsp3) is 0.857. The smallest absolute Gasteiger partial charge is 0.319 e. The van der Waals surface area contributed by atoms with Crippen molar-refractivity contribution >= 4 is 11.9 Å². The fourth-order valence-corrected chi connectivity index (χ4v) is 1.16. The molecule has 2 N–H and O–H groups in total. The molecule has 0 saturated heterocycles. The van der Waals surface area contributed by atoms with Gasteiger partial charge < -0.3 is 15.2 Å². The zero-order valence-electron chi connectivity index (χ0n) is 12.6. The van der Waals surface area contributed by atoms with Gasteiger partial charge >= 0.3 is 11.9 Å². The van der Waals surface area contributed by atoms with Crippen LogP contribution in [-0.4, -0.2) is 31.7 Å². The van der Waals surface area contributed by atoms with Gasteiger partial charge in [0, 0.05) is 6.92 Å². The first-order valence-corrected chi connectivity index (χ1v) is 7.07. The first kappa shape index (κ1) is 20.2. The third-order valence-corrected chi connectivity index (χ3v) is 2.23. The lowest BCUT2D eigenvalue weighted by atomic mass is 10.3. The van der Waals surface area contributed by atoms with Gasteiger partial charge in [0.05, 0.1) is 19.8 Å². The first-order chi connectivity index (χ1) is 9.08. The van der Waals surface area contributed by atoms with Gasteiger partial charge in [-0.2, -0.15) is 0 Å². The van der Waals surface area contributed by atoms with Crippen molar-refractivity contribution < 1.29 is 19.1 Å². The van der Waals surface area contributed by atoms with Crippen molar-refractivity contribution in [1.29, 1.82) is 0 Å². The van der Waals surface area contributed by atoms with Crippen LogP contribution in [0.4, 0.5) is 0 Å². The SMILES string of the molecule is CCCCCOC(=O)CN.CCCCCOC(C)=O. The number of esters is 2. The second-order valence-electron chi connectivity index (χ2n) is 4.18. The molecule has 0 amide bonds. The molecule has 0 bridgehead atoms. The van der Waals surface area contributed by atoms with Crippen LogP contribution >= 0.6 is 0 Å². The zero-order chi connectivity index (χ0) is 14.9. The summed E-state index contributed by atoms with van der Waals surface area (Å²) in [5.41, 5.74) is 5.01. The minimum atomic E-state index is -0.309. The maximum absolute atomic E-state index is 10.4. The van der Waals surface area contributed by atoms with Gasteiger partial charge in [0.15, 0.2) is 0 Å². The lowest BCUT2D eigenvalue weighted by Gasteiger charge is -2.00. The van der Waals surface area contributed by atoms with E-state index in [0.717, 1.165) is 32.1 Å². The van der Waals surface area contributed by atoms with Crippen molar-refractivity contribution in [3.05, 3.63) is 0 Å². The van der Waals surface area contributed by atoms with Crippen LogP contribution in [0.3, 0.4) is 0 Å². The van der Waals surface area contributed by atoms with E-state index in [1.807, 2.05) is 0 Å². The number of hydrogen-bond donors (Lipinski definition) is 1. The molecule has 0 heterocycles. The van der Waals surface area contributed by atoms with Gasteiger partial charge in [-0.15, -0.1) is 0 Å². The van der Waals surface area contributed by atoms with E-state index in [2.05, 4.69) is 13.8 Å². The summed E-state index contributed by atoms with van der Waals surface area (Å²) in [5, 5.41) is 0. The van der Waals surface area contributed by atoms with E-state index >= 15 is 0 Å². The van der Waals surface area contributed by atoms with Crippen LogP contribution in [0.25, 0.3) is 0 Å². The van der Waals surface area contributed by atoms with E-state index in [4.69, 9.17) is 15.2 Å². The number of rotatable bonds is 9. The molecule has 0 saturated carbocycles. The van der Waals surface area contributed by atoms with Crippen LogP contribution in [0.1, 0.15) is 59.3 Å². The highest BCUT2D eigenvalue weighted by atomic mass is 16.5. The predicted octanol–water partition coefficient (Wildman–Crippen LogP) is 2.42. The molecule has 0 aliphatic carbocycles. The molecule has 0 atom stereocenters. The molecule has 0 aliphatic rings. The van der Waals surface area contributed by atoms with Gasteiger partial charge in [-0.3, -0.25) is 9.59 Å². The molecule has 0 fully saturated rings. The van der Waals surface area contributed by atoms with E-state index in [9.17, 15) is 9.59 Å². The molecular weight excluding hydrogens is 246 g/mol. The van der Waals surface area contributed by atoms with Crippen LogP contribution in [-0.2, 0) is 19.1 Å². The quantitative estimate of drug-likeness (QED) is 0.516. The molecule has 0 aromatic carbocycles. The van der Waals surface area contributed by atoms with Crippen molar-refractivity contribution in [3.63, 3.8) is 0 Å². The van der Waals surface area contributed by atoms with E-state index in [1.54, 1.807) is 0 Å². The maximum Gasteiger partial charge on any atom is 0.319 e. The Morgan fingerprint density at radius 1 is 0.895 bits per heavy atom. The molecule has 0 aromatic rings. The highest BCUT2D eigenvalue weighted by Gasteiger charge is 1.95. The summed E-state index contributed by atoms with van der Waals surface area (Å²) >= 11 is 0. The highest BCUT2D eigenvalue weighted by Crippen LogP contribution is 1.94. The van der Waals surface area contributed by atoms with Gasteiger partial charge in [0.25, 0.3) is 0 Å². The van der Waals surface area contributed by atoms with Crippen molar-refractivity contribution in [3.8, 4) is 0 Å². The summed E-state index contributed by atoms with van der Waals surface area (Å²) in [7, 11) is 0. The highest BCUT2D eigenvalue weighted by molar-refractivity contribution is 5.71. The molecule has 0 radical (unpaired) electrons. The third-order valence-electron chi connectivity index (χ3n) is 2.23. The molecule has 114 valence electrons. The summed E-state index contributed by atoms with van der Waals surface area (Å²) in [4.78, 5) is 20.6. The largest absolute Gasteiger partial charge is 0.466 e. The molecule has 5 nitrogen and oxygen atoms in total. The number of hydrogen-bond acceptors (Lipinski definition) is 5. The Balaban J connectivity index is 0. The Hall–Kier alpha value is -1.10. The normalized spacial score (nSPS) is 9.26. The van der Waals surface area contributed by atoms with E-state index < -0.39 is 0 Å². The monoisotopic (exact) mass is 275 g/mol. The van der Waals surface area contributed by atoms with E-state index in [1.165, 1.54) is 13.3 Å². The topological polar surface area (TPSA) is 78.6 Å². The second-order valence-corrected chi connectivity index (χ2v) is 4.18. The number of carbonyl (C=O) groups excluding carboxylic acids is 2. The standard InChI is InChI=1S/C7H15NO2.C7H14O2/c1-2-3-4-5-10-7(9)6-8;1-3-4-5-6-9-7(2)8/h2-6,8H2,1H3;3-6H2,1-2H3. The van der Waals surface area contributed by atoms with Crippen LogP contribution in [0.15, 0.2) is 0 Å². The summed E-state index contributed by atoms with van der Waals surface area (Å²) in [6.45, 7) is 6.75.